The van der Waals surface area contributed by atoms with E-state index in [2.05, 4.69) is 60.7 Å². The van der Waals surface area contributed by atoms with Crippen molar-refractivity contribution in [3.63, 3.8) is 0 Å². The van der Waals surface area contributed by atoms with E-state index in [1.54, 1.807) is 0 Å². The van der Waals surface area contributed by atoms with Crippen molar-refractivity contribution in [2.45, 2.75) is 38.8 Å². The molecule has 196 valence electrons. The Bertz CT molecular complexity index is 1480. The monoisotopic (exact) mass is 513 g/mol. The minimum absolute atomic E-state index is 0.0342. The standard InChI is InChI=1S/C28H31N7O3/c1-17-21-7-6-20(12-22(21)34-33-17)19-4-2-18(3-5-19)15-38-25-13-24(31-27(29)32-25)35-10-8-28(9-11-35)14-23(26(36)37)30-16-28/h2-7,12-13,23,30H,8-11,14-16H2,1H3,(H,33,34)(H,36,37)(H2,29,31,32). The molecule has 0 saturated carbocycles. The lowest BCUT2D eigenvalue weighted by Gasteiger charge is -2.39. The van der Waals surface area contributed by atoms with Gasteiger partial charge in [0.05, 0.1) is 5.52 Å². The highest BCUT2D eigenvalue weighted by molar-refractivity contribution is 5.86. The molecule has 10 nitrogen and oxygen atoms in total. The van der Waals surface area contributed by atoms with Crippen molar-refractivity contribution in [3.05, 3.63) is 59.8 Å². The number of fused-ring (bicyclic) bond motifs is 1. The van der Waals surface area contributed by atoms with Crippen LogP contribution < -0.4 is 20.7 Å². The molecule has 2 aromatic carbocycles. The number of hydrogen-bond acceptors (Lipinski definition) is 8. The van der Waals surface area contributed by atoms with Crippen LogP contribution in [0.1, 0.15) is 30.5 Å². The third-order valence-corrected chi connectivity index (χ3v) is 7.93. The summed E-state index contributed by atoms with van der Waals surface area (Å²) in [5.41, 5.74) is 11.3. The largest absolute Gasteiger partial charge is 0.480 e. The van der Waals surface area contributed by atoms with Crippen LogP contribution in [-0.4, -0.2) is 56.9 Å². The lowest BCUT2D eigenvalue weighted by atomic mass is 9.76. The summed E-state index contributed by atoms with van der Waals surface area (Å²) in [4.78, 5) is 22.2. The van der Waals surface area contributed by atoms with Crippen molar-refractivity contribution >= 4 is 28.6 Å². The number of carbonyl (C=O) groups is 1. The maximum atomic E-state index is 11.4. The van der Waals surface area contributed by atoms with Gasteiger partial charge in [0, 0.05) is 36.8 Å². The zero-order valence-corrected chi connectivity index (χ0v) is 21.3. The number of hydrogen-bond donors (Lipinski definition) is 4. The van der Waals surface area contributed by atoms with Gasteiger partial charge in [-0.1, -0.05) is 36.4 Å². The minimum atomic E-state index is -0.769. The predicted octanol–water partition coefficient (Wildman–Crippen LogP) is 3.52. The van der Waals surface area contributed by atoms with E-state index in [1.165, 1.54) is 0 Å². The number of aromatic amines is 1. The van der Waals surface area contributed by atoms with Crippen LogP contribution in [0, 0.1) is 12.3 Å². The molecule has 2 aliphatic rings. The molecule has 4 heterocycles. The van der Waals surface area contributed by atoms with Crippen LogP contribution in [0.25, 0.3) is 22.0 Å². The Morgan fingerprint density at radius 1 is 1.13 bits per heavy atom. The van der Waals surface area contributed by atoms with Crippen LogP contribution in [0.4, 0.5) is 11.8 Å². The van der Waals surface area contributed by atoms with E-state index in [0.717, 1.165) is 71.6 Å². The summed E-state index contributed by atoms with van der Waals surface area (Å²) in [5, 5.41) is 21.0. The molecule has 1 spiro atoms. The van der Waals surface area contributed by atoms with E-state index < -0.39 is 12.0 Å². The first kappa shape index (κ1) is 24.2. The zero-order valence-electron chi connectivity index (χ0n) is 21.3. The van der Waals surface area contributed by atoms with E-state index in [1.807, 2.05) is 25.1 Å². The molecule has 4 aromatic rings. The highest BCUT2D eigenvalue weighted by atomic mass is 16.5. The van der Waals surface area contributed by atoms with Crippen molar-refractivity contribution in [2.24, 2.45) is 5.41 Å². The Balaban J connectivity index is 1.09. The third-order valence-electron chi connectivity index (χ3n) is 7.93. The maximum absolute atomic E-state index is 11.4. The molecule has 0 bridgehead atoms. The first-order chi connectivity index (χ1) is 18.4. The molecular weight excluding hydrogens is 482 g/mol. The topological polar surface area (TPSA) is 142 Å². The molecule has 0 aliphatic carbocycles. The number of benzene rings is 2. The molecule has 38 heavy (non-hydrogen) atoms. The number of carboxylic acids is 1. The summed E-state index contributed by atoms with van der Waals surface area (Å²) in [6, 6.07) is 15.9. The quantitative estimate of drug-likeness (QED) is 0.304. The van der Waals surface area contributed by atoms with Gasteiger partial charge in [0.1, 0.15) is 18.5 Å². The number of H-pyrrole nitrogens is 1. The van der Waals surface area contributed by atoms with Crippen LogP contribution >= 0.6 is 0 Å². The van der Waals surface area contributed by atoms with Gasteiger partial charge in [-0.25, -0.2) is 0 Å². The molecular formula is C28H31N7O3. The zero-order chi connectivity index (χ0) is 26.3. The summed E-state index contributed by atoms with van der Waals surface area (Å²) in [7, 11) is 0. The van der Waals surface area contributed by atoms with E-state index >= 15 is 0 Å². The average molecular weight is 514 g/mol. The fraction of sp³-hybridized carbons (Fsp3) is 0.357. The fourth-order valence-electron chi connectivity index (χ4n) is 5.62. The van der Waals surface area contributed by atoms with Crippen LogP contribution in [0.15, 0.2) is 48.5 Å². The van der Waals surface area contributed by atoms with Gasteiger partial charge in [0.25, 0.3) is 0 Å². The van der Waals surface area contributed by atoms with Gasteiger partial charge in [-0.3, -0.25) is 9.89 Å². The summed E-state index contributed by atoms with van der Waals surface area (Å²) in [6.07, 6.45) is 2.48. The second kappa shape index (κ2) is 9.60. The number of carboxylic acid groups (broad SMARTS) is 1. The Morgan fingerprint density at radius 2 is 1.89 bits per heavy atom. The second-order valence-corrected chi connectivity index (χ2v) is 10.5. The van der Waals surface area contributed by atoms with Crippen molar-refractivity contribution in [3.8, 4) is 17.0 Å². The van der Waals surface area contributed by atoms with Gasteiger partial charge in [-0.15, -0.1) is 0 Å². The van der Waals surface area contributed by atoms with Crippen LogP contribution in [0.3, 0.4) is 0 Å². The van der Waals surface area contributed by atoms with E-state index in [4.69, 9.17) is 10.5 Å². The van der Waals surface area contributed by atoms with Crippen molar-refractivity contribution < 1.29 is 14.6 Å². The van der Waals surface area contributed by atoms with Gasteiger partial charge in [0.15, 0.2) is 0 Å². The number of aliphatic carboxylic acids is 1. The number of rotatable bonds is 6. The molecule has 2 saturated heterocycles. The number of nitrogens with two attached hydrogens (primary N) is 1. The molecule has 1 unspecified atom stereocenters. The Hall–Kier alpha value is -4.18. The molecule has 2 aliphatic heterocycles. The summed E-state index contributed by atoms with van der Waals surface area (Å²) < 4.78 is 6.00. The van der Waals surface area contributed by atoms with Crippen LogP contribution in [0.2, 0.25) is 0 Å². The Kier molecular flexibility index (Phi) is 6.11. The van der Waals surface area contributed by atoms with Crippen molar-refractivity contribution in [1.29, 1.82) is 0 Å². The Morgan fingerprint density at radius 3 is 2.63 bits per heavy atom. The summed E-state index contributed by atoms with van der Waals surface area (Å²) in [5.74, 6) is 0.576. The first-order valence-corrected chi connectivity index (χ1v) is 12.9. The van der Waals surface area contributed by atoms with Gasteiger partial charge in [0.2, 0.25) is 11.8 Å². The second-order valence-electron chi connectivity index (χ2n) is 10.5. The van der Waals surface area contributed by atoms with Gasteiger partial charge in [-0.2, -0.15) is 15.1 Å². The SMILES string of the molecule is Cc1[nH]nc2cc(-c3ccc(COc4cc(N5CCC6(CC5)CNC(C(=O)O)C6)nc(N)n4)cc3)ccc12. The van der Waals surface area contributed by atoms with E-state index in [9.17, 15) is 9.90 Å². The molecule has 10 heteroatoms. The number of piperidine rings is 1. The molecule has 6 rings (SSSR count). The van der Waals surface area contributed by atoms with E-state index in [0.29, 0.717) is 18.9 Å². The lowest BCUT2D eigenvalue weighted by molar-refractivity contribution is -0.139. The minimum Gasteiger partial charge on any atom is -0.480 e. The van der Waals surface area contributed by atoms with Crippen molar-refractivity contribution in [2.75, 3.05) is 30.3 Å². The first-order valence-electron chi connectivity index (χ1n) is 12.9. The van der Waals surface area contributed by atoms with Gasteiger partial charge in [-0.05, 0) is 54.4 Å². The number of aryl methyl sites for hydroxylation is 1. The summed E-state index contributed by atoms with van der Waals surface area (Å²) in [6.45, 7) is 4.70. The van der Waals surface area contributed by atoms with Crippen LogP contribution in [0.5, 0.6) is 5.88 Å². The molecule has 1 atom stereocenters. The maximum Gasteiger partial charge on any atom is 0.320 e. The molecule has 0 amide bonds. The number of nitrogens with one attached hydrogen (secondary N) is 2. The summed E-state index contributed by atoms with van der Waals surface area (Å²) >= 11 is 0. The molecule has 2 fully saturated rings. The van der Waals surface area contributed by atoms with Crippen molar-refractivity contribution in [1.82, 2.24) is 25.5 Å². The lowest BCUT2D eigenvalue weighted by Crippen LogP contribution is -2.41. The number of nitrogens with zero attached hydrogens (tertiary/aromatic N) is 4. The molecule has 0 radical (unpaired) electrons. The normalized spacial score (nSPS) is 18.8. The molecule has 5 N–H and O–H groups in total. The van der Waals surface area contributed by atoms with Crippen LogP contribution in [-0.2, 0) is 11.4 Å². The predicted molar refractivity (Wildman–Crippen MR) is 145 cm³/mol. The van der Waals surface area contributed by atoms with Gasteiger partial charge < -0.3 is 25.8 Å². The number of ether oxygens (including phenoxy) is 1. The smallest absolute Gasteiger partial charge is 0.320 e. The Labute approximate surface area is 220 Å². The number of anilines is 2. The highest BCUT2D eigenvalue weighted by Crippen LogP contribution is 2.40. The average Bonchev–Trinajstić information content (AvgIpc) is 3.51. The number of nitrogen functional groups attached to an aromatic ring is 1. The van der Waals surface area contributed by atoms with E-state index in [-0.39, 0.29) is 11.4 Å². The third kappa shape index (κ3) is 4.74. The highest BCUT2D eigenvalue weighted by Gasteiger charge is 2.43. The number of aromatic nitrogens is 4. The van der Waals surface area contributed by atoms with Gasteiger partial charge >= 0.3 is 5.97 Å². The molecule has 2 aromatic heterocycles. The fourth-order valence-corrected chi connectivity index (χ4v) is 5.62.